The summed E-state index contributed by atoms with van der Waals surface area (Å²) in [5.74, 6) is -0.667. The van der Waals surface area contributed by atoms with Crippen molar-refractivity contribution in [2.45, 2.75) is 19.4 Å². The van der Waals surface area contributed by atoms with E-state index in [1.54, 1.807) is 11.8 Å². The molecule has 0 bridgehead atoms. The van der Waals surface area contributed by atoms with Crippen LogP contribution < -0.4 is 5.73 Å². The van der Waals surface area contributed by atoms with Gasteiger partial charge in [-0.05, 0) is 32.0 Å². The second-order valence-corrected chi connectivity index (χ2v) is 6.32. The Balaban J connectivity index is 1.94. The molecule has 1 aromatic carbocycles. The minimum atomic E-state index is -1.13. The molecular formula is C17H21N3O3. The summed E-state index contributed by atoms with van der Waals surface area (Å²) < 4.78 is 7.36. The normalized spacial score (nSPS) is 21.6. The molecule has 0 radical (unpaired) electrons. The van der Waals surface area contributed by atoms with Crippen molar-refractivity contribution in [3.05, 3.63) is 35.5 Å². The molecule has 1 aliphatic heterocycles. The smallest absolute Gasteiger partial charge is 0.270 e. The van der Waals surface area contributed by atoms with Gasteiger partial charge in [0.1, 0.15) is 5.69 Å². The Labute approximate surface area is 134 Å². The molecule has 1 saturated heterocycles. The molecule has 2 N–H and O–H groups in total. The quantitative estimate of drug-likeness (QED) is 0.904. The molecule has 0 spiro atoms. The number of aryl methyl sites for hydroxylation is 2. The highest BCUT2D eigenvalue weighted by Crippen LogP contribution is 2.24. The maximum Gasteiger partial charge on any atom is 0.270 e. The number of primary amides is 1. The Morgan fingerprint density at radius 2 is 2.04 bits per heavy atom. The van der Waals surface area contributed by atoms with Crippen molar-refractivity contribution in [2.24, 2.45) is 12.8 Å². The van der Waals surface area contributed by atoms with Crippen molar-refractivity contribution in [1.29, 1.82) is 0 Å². The zero-order chi connectivity index (χ0) is 16.8. The lowest BCUT2D eigenvalue weighted by Gasteiger charge is -2.38. The third-order valence-electron chi connectivity index (χ3n) is 4.50. The number of fused-ring (bicyclic) bond motifs is 1. The van der Waals surface area contributed by atoms with Crippen LogP contribution in [0.2, 0.25) is 0 Å². The van der Waals surface area contributed by atoms with E-state index in [0.717, 1.165) is 16.5 Å². The maximum atomic E-state index is 12.9. The van der Waals surface area contributed by atoms with E-state index >= 15 is 0 Å². The van der Waals surface area contributed by atoms with Crippen LogP contribution in [0.4, 0.5) is 0 Å². The first-order valence-corrected chi connectivity index (χ1v) is 7.61. The molecule has 0 aliphatic carbocycles. The van der Waals surface area contributed by atoms with Crippen molar-refractivity contribution >= 4 is 22.7 Å². The molecule has 6 heteroatoms. The van der Waals surface area contributed by atoms with E-state index in [-0.39, 0.29) is 12.5 Å². The Bertz CT molecular complexity index is 796. The van der Waals surface area contributed by atoms with E-state index in [4.69, 9.17) is 10.5 Å². The molecule has 2 aromatic rings. The predicted molar refractivity (Wildman–Crippen MR) is 87.1 cm³/mol. The van der Waals surface area contributed by atoms with Crippen LogP contribution >= 0.6 is 0 Å². The summed E-state index contributed by atoms with van der Waals surface area (Å²) in [6.07, 6.45) is 0. The van der Waals surface area contributed by atoms with E-state index in [0.29, 0.717) is 18.8 Å². The van der Waals surface area contributed by atoms with Crippen LogP contribution in [-0.2, 0) is 16.6 Å². The third-order valence-corrected chi connectivity index (χ3v) is 4.50. The molecular weight excluding hydrogens is 294 g/mol. The molecule has 2 heterocycles. The number of aromatic nitrogens is 1. The van der Waals surface area contributed by atoms with E-state index in [9.17, 15) is 9.59 Å². The standard InChI is InChI=1S/C17H21N3O3/c1-11-4-5-13-12(8-11)9-14(19(13)3)15(21)20-6-7-23-17(2,10-20)16(18)22/h4-5,8-9H,6-7,10H2,1-3H3,(H2,18,22)/t17-/m0/s1. The third kappa shape index (κ3) is 2.59. The van der Waals surface area contributed by atoms with Gasteiger partial charge in [0, 0.05) is 24.5 Å². The van der Waals surface area contributed by atoms with Crippen LogP contribution in [0.25, 0.3) is 10.9 Å². The fraction of sp³-hybridized carbons (Fsp3) is 0.412. The van der Waals surface area contributed by atoms with Crippen LogP contribution in [0.15, 0.2) is 24.3 Å². The van der Waals surface area contributed by atoms with Gasteiger partial charge in [-0.1, -0.05) is 11.6 Å². The minimum absolute atomic E-state index is 0.114. The molecule has 1 fully saturated rings. The number of nitrogens with two attached hydrogens (primary N) is 1. The average Bonchev–Trinajstić information content (AvgIpc) is 2.82. The summed E-state index contributed by atoms with van der Waals surface area (Å²) in [7, 11) is 1.87. The van der Waals surface area contributed by atoms with Crippen LogP contribution in [0, 0.1) is 6.92 Å². The Morgan fingerprint density at radius 1 is 1.30 bits per heavy atom. The van der Waals surface area contributed by atoms with Crippen LogP contribution in [0.5, 0.6) is 0 Å². The predicted octanol–water partition coefficient (Wildman–Crippen LogP) is 1.20. The van der Waals surface area contributed by atoms with Crippen LogP contribution in [0.3, 0.4) is 0 Å². The summed E-state index contributed by atoms with van der Waals surface area (Å²) in [5, 5.41) is 1.03. The first-order chi connectivity index (χ1) is 10.8. The number of morpholine rings is 1. The highest BCUT2D eigenvalue weighted by atomic mass is 16.5. The first-order valence-electron chi connectivity index (χ1n) is 7.61. The summed E-state index contributed by atoms with van der Waals surface area (Å²) >= 11 is 0. The second kappa shape index (κ2) is 5.38. The lowest BCUT2D eigenvalue weighted by molar-refractivity contribution is -0.150. The van der Waals surface area contributed by atoms with Crippen molar-refractivity contribution in [1.82, 2.24) is 9.47 Å². The molecule has 1 atom stereocenters. The Morgan fingerprint density at radius 3 is 2.74 bits per heavy atom. The fourth-order valence-corrected chi connectivity index (χ4v) is 3.03. The number of nitrogens with zero attached hydrogens (tertiary/aromatic N) is 2. The van der Waals surface area contributed by atoms with E-state index in [1.807, 2.05) is 36.7 Å². The Hall–Kier alpha value is -2.34. The molecule has 2 amide bonds. The van der Waals surface area contributed by atoms with Crippen LogP contribution in [0.1, 0.15) is 23.0 Å². The monoisotopic (exact) mass is 315 g/mol. The lowest BCUT2D eigenvalue weighted by Crippen LogP contribution is -2.58. The number of ether oxygens (including phenoxy) is 1. The average molecular weight is 315 g/mol. The van der Waals surface area contributed by atoms with Gasteiger partial charge >= 0.3 is 0 Å². The number of benzene rings is 1. The summed E-state index contributed by atoms with van der Waals surface area (Å²) in [5.41, 5.74) is 7.02. The van der Waals surface area contributed by atoms with E-state index in [2.05, 4.69) is 6.07 Å². The molecule has 0 saturated carbocycles. The number of hydrogen-bond acceptors (Lipinski definition) is 3. The number of hydrogen-bond donors (Lipinski definition) is 1. The SMILES string of the molecule is Cc1ccc2c(c1)cc(C(=O)N1CCO[C@](C)(C(N)=O)C1)n2C. The highest BCUT2D eigenvalue weighted by molar-refractivity contribution is 5.99. The fourth-order valence-electron chi connectivity index (χ4n) is 3.03. The molecule has 0 unspecified atom stereocenters. The summed E-state index contributed by atoms with van der Waals surface area (Å²) in [6, 6.07) is 7.98. The van der Waals surface area contributed by atoms with Crippen molar-refractivity contribution in [2.75, 3.05) is 19.7 Å². The molecule has 23 heavy (non-hydrogen) atoms. The number of carbonyl (C=O) groups excluding carboxylic acids is 2. The molecule has 122 valence electrons. The van der Waals surface area contributed by atoms with Gasteiger partial charge < -0.3 is 19.9 Å². The van der Waals surface area contributed by atoms with Gasteiger partial charge in [-0.2, -0.15) is 0 Å². The van der Waals surface area contributed by atoms with Gasteiger partial charge in [0.2, 0.25) is 0 Å². The van der Waals surface area contributed by atoms with Crippen molar-refractivity contribution in [3.8, 4) is 0 Å². The molecule has 1 aliphatic rings. The number of carbonyl (C=O) groups is 2. The zero-order valence-corrected chi connectivity index (χ0v) is 13.6. The lowest BCUT2D eigenvalue weighted by atomic mass is 10.0. The molecule has 6 nitrogen and oxygen atoms in total. The maximum absolute atomic E-state index is 12.9. The van der Waals surface area contributed by atoms with Crippen molar-refractivity contribution < 1.29 is 14.3 Å². The van der Waals surface area contributed by atoms with E-state index in [1.165, 1.54) is 0 Å². The highest BCUT2D eigenvalue weighted by Gasteiger charge is 2.39. The van der Waals surface area contributed by atoms with Crippen LogP contribution in [-0.4, -0.2) is 46.6 Å². The first kappa shape index (κ1) is 15.6. The molecule has 3 rings (SSSR count). The number of rotatable bonds is 2. The number of amides is 2. The second-order valence-electron chi connectivity index (χ2n) is 6.32. The summed E-state index contributed by atoms with van der Waals surface area (Å²) in [4.78, 5) is 26.1. The van der Waals surface area contributed by atoms with Crippen molar-refractivity contribution in [3.63, 3.8) is 0 Å². The van der Waals surface area contributed by atoms with E-state index < -0.39 is 11.5 Å². The largest absolute Gasteiger partial charge is 0.367 e. The summed E-state index contributed by atoms with van der Waals surface area (Å²) in [6.45, 7) is 4.56. The minimum Gasteiger partial charge on any atom is -0.367 e. The van der Waals surface area contributed by atoms with Gasteiger partial charge in [-0.25, -0.2) is 0 Å². The van der Waals surface area contributed by atoms with Gasteiger partial charge in [0.15, 0.2) is 5.60 Å². The van der Waals surface area contributed by atoms with Gasteiger partial charge in [0.25, 0.3) is 11.8 Å². The Kier molecular flexibility index (Phi) is 3.64. The topological polar surface area (TPSA) is 77.6 Å². The molecule has 1 aromatic heterocycles. The van der Waals surface area contributed by atoms with Gasteiger partial charge in [0.05, 0.1) is 13.2 Å². The zero-order valence-electron chi connectivity index (χ0n) is 13.6. The van der Waals surface area contributed by atoms with Gasteiger partial charge in [-0.15, -0.1) is 0 Å². The van der Waals surface area contributed by atoms with Gasteiger partial charge in [-0.3, -0.25) is 9.59 Å².